The largest absolute Gasteiger partial charge is 0.350 e. The molecule has 8 heteroatoms. The molecule has 19 heavy (non-hydrogen) atoms. The third-order valence-electron chi connectivity index (χ3n) is 2.20. The van der Waals surface area contributed by atoms with Crippen molar-refractivity contribution >= 4 is 11.6 Å². The van der Waals surface area contributed by atoms with Gasteiger partial charge in [0.15, 0.2) is 0 Å². The van der Waals surface area contributed by atoms with E-state index in [9.17, 15) is 23.7 Å². The van der Waals surface area contributed by atoms with Gasteiger partial charge in [-0.15, -0.1) is 0 Å². The summed E-state index contributed by atoms with van der Waals surface area (Å²) in [5, 5.41) is 12.7. The van der Waals surface area contributed by atoms with Crippen molar-refractivity contribution in [1.29, 1.82) is 0 Å². The lowest BCUT2D eigenvalue weighted by Gasteiger charge is -2.19. The maximum absolute atomic E-state index is 13.7. The Labute approximate surface area is 107 Å². The minimum Gasteiger partial charge on any atom is -0.350 e. The molecular formula is C11H13F2N3O3. The van der Waals surface area contributed by atoms with Crippen LogP contribution in [0.15, 0.2) is 12.1 Å². The van der Waals surface area contributed by atoms with Gasteiger partial charge in [0.05, 0.1) is 4.92 Å². The highest BCUT2D eigenvalue weighted by Gasteiger charge is 2.26. The molecule has 0 unspecified atom stereocenters. The second kappa shape index (κ2) is 5.27. The van der Waals surface area contributed by atoms with Crippen LogP contribution in [0.2, 0.25) is 0 Å². The third-order valence-corrected chi connectivity index (χ3v) is 2.20. The van der Waals surface area contributed by atoms with Crippen LogP contribution in [-0.4, -0.2) is 22.9 Å². The summed E-state index contributed by atoms with van der Waals surface area (Å²) in [5.74, 6) is -3.76. The van der Waals surface area contributed by atoms with E-state index in [4.69, 9.17) is 5.73 Å². The Morgan fingerprint density at radius 2 is 2.05 bits per heavy atom. The van der Waals surface area contributed by atoms with Gasteiger partial charge in [0.2, 0.25) is 5.82 Å². The van der Waals surface area contributed by atoms with Crippen molar-refractivity contribution in [2.75, 3.05) is 6.54 Å². The Morgan fingerprint density at radius 1 is 1.47 bits per heavy atom. The molecule has 3 N–H and O–H groups in total. The van der Waals surface area contributed by atoms with Crippen LogP contribution in [0, 0.1) is 21.7 Å². The van der Waals surface area contributed by atoms with Crippen LogP contribution in [0.3, 0.4) is 0 Å². The van der Waals surface area contributed by atoms with E-state index in [2.05, 4.69) is 5.32 Å². The molecule has 0 saturated carbocycles. The van der Waals surface area contributed by atoms with E-state index in [0.717, 1.165) is 0 Å². The fourth-order valence-corrected chi connectivity index (χ4v) is 1.29. The van der Waals surface area contributed by atoms with Gasteiger partial charge in [0, 0.05) is 18.2 Å². The number of hydrogen-bond acceptors (Lipinski definition) is 4. The monoisotopic (exact) mass is 273 g/mol. The summed E-state index contributed by atoms with van der Waals surface area (Å²) in [6, 6.07) is 1.33. The van der Waals surface area contributed by atoms with Crippen LogP contribution in [0.5, 0.6) is 0 Å². The molecule has 0 aliphatic rings. The van der Waals surface area contributed by atoms with Crippen LogP contribution >= 0.6 is 0 Å². The summed E-state index contributed by atoms with van der Waals surface area (Å²) in [4.78, 5) is 21.1. The van der Waals surface area contributed by atoms with Crippen molar-refractivity contribution in [3.05, 3.63) is 39.4 Å². The number of carbonyl (C=O) groups is 1. The predicted octanol–water partition coefficient (Wildman–Crippen LogP) is 1.34. The van der Waals surface area contributed by atoms with Gasteiger partial charge in [-0.1, -0.05) is 0 Å². The molecule has 0 atom stereocenters. The molecule has 104 valence electrons. The molecule has 1 amide bonds. The molecule has 0 aliphatic heterocycles. The molecule has 6 nitrogen and oxygen atoms in total. The number of benzene rings is 1. The summed E-state index contributed by atoms with van der Waals surface area (Å²) < 4.78 is 27.1. The summed E-state index contributed by atoms with van der Waals surface area (Å²) in [6.07, 6.45) is 0. The summed E-state index contributed by atoms with van der Waals surface area (Å²) in [6.45, 7) is 3.17. The lowest BCUT2D eigenvalue weighted by atomic mass is 10.1. The number of nitro benzene ring substituents is 1. The highest BCUT2D eigenvalue weighted by molar-refractivity contribution is 5.95. The Bertz CT molecular complexity index is 527. The Hall–Kier alpha value is -2.09. The molecule has 0 spiro atoms. The predicted molar refractivity (Wildman–Crippen MR) is 63.6 cm³/mol. The van der Waals surface area contributed by atoms with Gasteiger partial charge in [0.1, 0.15) is 11.4 Å². The molecule has 1 aromatic carbocycles. The van der Waals surface area contributed by atoms with E-state index >= 15 is 0 Å². The first-order chi connectivity index (χ1) is 8.63. The van der Waals surface area contributed by atoms with E-state index < -0.39 is 39.3 Å². The maximum atomic E-state index is 13.7. The number of rotatable bonds is 4. The normalized spacial score (nSPS) is 11.2. The van der Waals surface area contributed by atoms with Gasteiger partial charge < -0.3 is 11.1 Å². The van der Waals surface area contributed by atoms with Gasteiger partial charge in [-0.05, 0) is 19.9 Å². The van der Waals surface area contributed by atoms with Crippen LogP contribution in [0.25, 0.3) is 0 Å². The van der Waals surface area contributed by atoms with Gasteiger partial charge in [0.25, 0.3) is 5.91 Å². The Balaban J connectivity index is 3.09. The Morgan fingerprint density at radius 3 is 2.53 bits per heavy atom. The topological polar surface area (TPSA) is 98.3 Å². The first-order valence-electron chi connectivity index (χ1n) is 5.33. The van der Waals surface area contributed by atoms with Gasteiger partial charge in [-0.2, -0.15) is 4.39 Å². The first kappa shape index (κ1) is 15.0. The lowest BCUT2D eigenvalue weighted by Crippen LogP contribution is -2.45. The number of halogens is 2. The molecule has 0 aliphatic carbocycles. The number of carbonyl (C=O) groups excluding carboxylic acids is 1. The van der Waals surface area contributed by atoms with Gasteiger partial charge in [-0.3, -0.25) is 14.9 Å². The van der Waals surface area contributed by atoms with Gasteiger partial charge >= 0.3 is 5.69 Å². The standard InChI is InChI=1S/C11H13F2N3O3/c1-11(2,14)5-15-10(17)8-6(12)3-4-7(9(8)13)16(18)19/h3-4H,5,14H2,1-2H3,(H,15,17). The summed E-state index contributed by atoms with van der Waals surface area (Å²) in [7, 11) is 0. The van der Waals surface area contributed by atoms with Crippen molar-refractivity contribution in [2.24, 2.45) is 5.73 Å². The molecular weight excluding hydrogens is 260 g/mol. The Kier molecular flexibility index (Phi) is 4.15. The second-order valence-corrected chi connectivity index (χ2v) is 4.68. The SMILES string of the molecule is CC(C)(N)CNC(=O)c1c(F)ccc([N+](=O)[O-])c1F. The quantitative estimate of drug-likeness (QED) is 0.638. The summed E-state index contributed by atoms with van der Waals surface area (Å²) in [5.41, 5.74) is 2.88. The molecule has 0 aromatic heterocycles. The van der Waals surface area contributed by atoms with E-state index in [0.29, 0.717) is 12.1 Å². The number of amides is 1. The van der Waals surface area contributed by atoms with E-state index in [-0.39, 0.29) is 6.54 Å². The number of nitro groups is 1. The molecule has 0 radical (unpaired) electrons. The third kappa shape index (κ3) is 3.68. The fourth-order valence-electron chi connectivity index (χ4n) is 1.29. The smallest absolute Gasteiger partial charge is 0.305 e. The van der Waals surface area contributed by atoms with Gasteiger partial charge in [-0.25, -0.2) is 4.39 Å². The average molecular weight is 273 g/mol. The zero-order valence-corrected chi connectivity index (χ0v) is 10.4. The zero-order valence-electron chi connectivity index (χ0n) is 10.4. The number of nitrogens with two attached hydrogens (primary N) is 1. The minimum absolute atomic E-state index is 0.0343. The first-order valence-corrected chi connectivity index (χ1v) is 5.33. The van der Waals surface area contributed by atoms with E-state index in [1.165, 1.54) is 0 Å². The van der Waals surface area contributed by atoms with Crippen molar-refractivity contribution in [3.63, 3.8) is 0 Å². The van der Waals surface area contributed by atoms with Crippen LogP contribution in [0.4, 0.5) is 14.5 Å². The maximum Gasteiger partial charge on any atom is 0.305 e. The highest BCUT2D eigenvalue weighted by Crippen LogP contribution is 2.22. The fraction of sp³-hybridized carbons (Fsp3) is 0.364. The van der Waals surface area contributed by atoms with Crippen LogP contribution in [-0.2, 0) is 0 Å². The van der Waals surface area contributed by atoms with Crippen LogP contribution < -0.4 is 11.1 Å². The summed E-state index contributed by atoms with van der Waals surface area (Å²) >= 11 is 0. The van der Waals surface area contributed by atoms with E-state index in [1.807, 2.05) is 0 Å². The second-order valence-electron chi connectivity index (χ2n) is 4.68. The van der Waals surface area contributed by atoms with Crippen molar-refractivity contribution < 1.29 is 18.5 Å². The minimum atomic E-state index is -1.50. The van der Waals surface area contributed by atoms with Crippen molar-refractivity contribution in [3.8, 4) is 0 Å². The van der Waals surface area contributed by atoms with E-state index in [1.54, 1.807) is 13.8 Å². The van der Waals surface area contributed by atoms with Crippen molar-refractivity contribution in [2.45, 2.75) is 19.4 Å². The van der Waals surface area contributed by atoms with Crippen LogP contribution in [0.1, 0.15) is 24.2 Å². The molecule has 0 bridgehead atoms. The molecule has 0 heterocycles. The molecule has 0 saturated heterocycles. The number of hydrogen-bond donors (Lipinski definition) is 2. The highest BCUT2D eigenvalue weighted by atomic mass is 19.1. The lowest BCUT2D eigenvalue weighted by molar-refractivity contribution is -0.387. The number of nitrogens with one attached hydrogen (secondary N) is 1. The van der Waals surface area contributed by atoms with Crippen molar-refractivity contribution in [1.82, 2.24) is 5.32 Å². The average Bonchev–Trinajstić information content (AvgIpc) is 2.24. The zero-order chi connectivity index (χ0) is 14.8. The molecule has 0 fully saturated rings. The molecule has 1 rings (SSSR count). The number of nitrogens with zero attached hydrogens (tertiary/aromatic N) is 1. The molecule has 1 aromatic rings.